The second kappa shape index (κ2) is 6.93. The van der Waals surface area contributed by atoms with Crippen LogP contribution < -0.4 is 15.0 Å². The largest absolute Gasteiger partial charge is 0.482 e. The van der Waals surface area contributed by atoms with Gasteiger partial charge in [0.1, 0.15) is 5.75 Å². The van der Waals surface area contributed by atoms with E-state index in [-0.39, 0.29) is 30.9 Å². The second-order valence-electron chi connectivity index (χ2n) is 5.60. The number of nitrogens with zero attached hydrogens (tertiary/aromatic N) is 1. The van der Waals surface area contributed by atoms with Gasteiger partial charge < -0.3 is 15.0 Å². The van der Waals surface area contributed by atoms with Crippen molar-refractivity contribution >= 4 is 34.8 Å². The molecular weight excluding hydrogens is 328 g/mol. The number of ether oxygens (including phenoxy) is 1. The molecule has 1 N–H and O–H groups in total. The van der Waals surface area contributed by atoms with Gasteiger partial charge in [0.25, 0.3) is 5.91 Å². The molecule has 2 amide bonds. The molecule has 0 bridgehead atoms. The standard InChI is InChI=1S/C18H17ClN2O3/c1-12-10-17(22)20-14-7-3-4-8-15(14)21(12)18(23)11-24-16-9-5-2-6-13(16)19/h2-9,12H,10-11H2,1H3,(H,20,22). The third-order valence-corrected chi connectivity index (χ3v) is 4.13. The number of fused-ring (bicyclic) bond motifs is 1. The van der Waals surface area contributed by atoms with Gasteiger partial charge in [-0.05, 0) is 31.2 Å². The molecule has 0 aromatic heterocycles. The molecule has 0 fully saturated rings. The Morgan fingerprint density at radius 3 is 2.75 bits per heavy atom. The highest BCUT2D eigenvalue weighted by atomic mass is 35.5. The van der Waals surface area contributed by atoms with Gasteiger partial charge >= 0.3 is 0 Å². The van der Waals surface area contributed by atoms with Crippen LogP contribution in [0.15, 0.2) is 48.5 Å². The Morgan fingerprint density at radius 2 is 1.96 bits per heavy atom. The van der Waals surface area contributed by atoms with Crippen LogP contribution in [0, 0.1) is 0 Å². The number of hydrogen-bond donors (Lipinski definition) is 1. The van der Waals surface area contributed by atoms with Crippen LogP contribution in [-0.4, -0.2) is 24.5 Å². The molecule has 1 unspecified atom stereocenters. The molecule has 0 spiro atoms. The topological polar surface area (TPSA) is 58.6 Å². The van der Waals surface area contributed by atoms with Crippen molar-refractivity contribution in [3.63, 3.8) is 0 Å². The highest BCUT2D eigenvalue weighted by Gasteiger charge is 2.29. The second-order valence-corrected chi connectivity index (χ2v) is 6.01. The van der Waals surface area contributed by atoms with Crippen molar-refractivity contribution in [2.24, 2.45) is 0 Å². The van der Waals surface area contributed by atoms with Crippen LogP contribution in [0.2, 0.25) is 5.02 Å². The van der Waals surface area contributed by atoms with Crippen molar-refractivity contribution in [3.05, 3.63) is 53.6 Å². The highest BCUT2D eigenvalue weighted by Crippen LogP contribution is 2.31. The number of carbonyl (C=O) groups is 2. The molecule has 1 atom stereocenters. The van der Waals surface area contributed by atoms with Crippen LogP contribution in [0.25, 0.3) is 0 Å². The van der Waals surface area contributed by atoms with Crippen LogP contribution in [0.1, 0.15) is 13.3 Å². The highest BCUT2D eigenvalue weighted by molar-refractivity contribution is 6.32. The van der Waals surface area contributed by atoms with E-state index in [4.69, 9.17) is 16.3 Å². The third kappa shape index (κ3) is 3.36. The molecule has 1 aliphatic heterocycles. The Morgan fingerprint density at radius 1 is 1.25 bits per heavy atom. The molecule has 6 heteroatoms. The first-order valence-corrected chi connectivity index (χ1v) is 8.02. The van der Waals surface area contributed by atoms with E-state index in [1.807, 2.05) is 25.1 Å². The van der Waals surface area contributed by atoms with E-state index in [0.717, 1.165) is 0 Å². The minimum Gasteiger partial charge on any atom is -0.482 e. The normalized spacial score (nSPS) is 16.8. The molecule has 0 radical (unpaired) electrons. The molecule has 124 valence electrons. The maximum absolute atomic E-state index is 12.7. The van der Waals surface area contributed by atoms with Crippen LogP contribution in [-0.2, 0) is 9.59 Å². The lowest BCUT2D eigenvalue weighted by atomic mass is 10.1. The summed E-state index contributed by atoms with van der Waals surface area (Å²) in [5.74, 6) is 0.112. The summed E-state index contributed by atoms with van der Waals surface area (Å²) >= 11 is 6.04. The molecule has 1 heterocycles. The van der Waals surface area contributed by atoms with Crippen molar-refractivity contribution in [3.8, 4) is 5.75 Å². The lowest BCUT2D eigenvalue weighted by Crippen LogP contribution is -2.41. The molecule has 5 nitrogen and oxygen atoms in total. The van der Waals surface area contributed by atoms with Gasteiger partial charge in [0.2, 0.25) is 5.91 Å². The van der Waals surface area contributed by atoms with Crippen LogP contribution >= 0.6 is 11.6 Å². The minimum absolute atomic E-state index is 0.114. The van der Waals surface area contributed by atoms with Crippen molar-refractivity contribution < 1.29 is 14.3 Å². The fraction of sp³-hybridized carbons (Fsp3) is 0.222. The average Bonchev–Trinajstić information content (AvgIpc) is 2.68. The quantitative estimate of drug-likeness (QED) is 0.927. The third-order valence-electron chi connectivity index (χ3n) is 3.82. The fourth-order valence-electron chi connectivity index (χ4n) is 2.74. The molecule has 0 saturated carbocycles. The average molecular weight is 345 g/mol. The van der Waals surface area contributed by atoms with E-state index in [1.165, 1.54) is 0 Å². The summed E-state index contributed by atoms with van der Waals surface area (Å²) in [4.78, 5) is 26.3. The molecule has 2 aromatic carbocycles. The first-order chi connectivity index (χ1) is 11.6. The summed E-state index contributed by atoms with van der Waals surface area (Å²) in [6, 6.07) is 14.0. The molecule has 0 aliphatic carbocycles. The molecule has 24 heavy (non-hydrogen) atoms. The SMILES string of the molecule is CC1CC(=O)Nc2ccccc2N1C(=O)COc1ccccc1Cl. The number of amides is 2. The zero-order chi connectivity index (χ0) is 17.1. The van der Waals surface area contributed by atoms with E-state index in [0.29, 0.717) is 22.1 Å². The number of para-hydroxylation sites is 3. The van der Waals surface area contributed by atoms with Gasteiger partial charge in [-0.1, -0.05) is 35.9 Å². The Kier molecular flexibility index (Phi) is 4.71. The van der Waals surface area contributed by atoms with Crippen LogP contribution in [0.4, 0.5) is 11.4 Å². The van der Waals surface area contributed by atoms with Crippen molar-refractivity contribution in [2.75, 3.05) is 16.8 Å². The molecule has 2 aromatic rings. The molecular formula is C18H17ClN2O3. The van der Waals surface area contributed by atoms with Gasteiger partial charge in [-0.25, -0.2) is 0 Å². The molecule has 0 saturated heterocycles. The monoisotopic (exact) mass is 344 g/mol. The minimum atomic E-state index is -0.268. The Balaban J connectivity index is 1.83. The number of nitrogens with one attached hydrogen (secondary N) is 1. The van der Waals surface area contributed by atoms with Gasteiger partial charge in [-0.3, -0.25) is 9.59 Å². The maximum Gasteiger partial charge on any atom is 0.265 e. The first kappa shape index (κ1) is 16.3. The number of anilines is 2. The van der Waals surface area contributed by atoms with Crippen LogP contribution in [0.3, 0.4) is 0 Å². The number of hydrogen-bond acceptors (Lipinski definition) is 3. The number of carbonyl (C=O) groups excluding carboxylic acids is 2. The lowest BCUT2D eigenvalue weighted by Gasteiger charge is -2.27. The zero-order valence-corrected chi connectivity index (χ0v) is 13.9. The number of benzene rings is 2. The van der Waals surface area contributed by atoms with Crippen molar-refractivity contribution in [1.82, 2.24) is 0 Å². The van der Waals surface area contributed by atoms with Gasteiger partial charge in [-0.2, -0.15) is 0 Å². The summed E-state index contributed by atoms with van der Waals surface area (Å²) < 4.78 is 5.55. The van der Waals surface area contributed by atoms with Gasteiger partial charge in [0.05, 0.1) is 16.4 Å². The van der Waals surface area contributed by atoms with Crippen LogP contribution in [0.5, 0.6) is 5.75 Å². The van der Waals surface area contributed by atoms with E-state index in [9.17, 15) is 9.59 Å². The van der Waals surface area contributed by atoms with E-state index >= 15 is 0 Å². The molecule has 1 aliphatic rings. The van der Waals surface area contributed by atoms with Gasteiger partial charge in [0, 0.05) is 12.5 Å². The lowest BCUT2D eigenvalue weighted by molar-refractivity contribution is -0.121. The molecule has 3 rings (SSSR count). The van der Waals surface area contributed by atoms with Crippen molar-refractivity contribution in [1.29, 1.82) is 0 Å². The smallest absolute Gasteiger partial charge is 0.265 e. The van der Waals surface area contributed by atoms with E-state index < -0.39 is 0 Å². The summed E-state index contributed by atoms with van der Waals surface area (Å²) in [7, 11) is 0. The fourth-order valence-corrected chi connectivity index (χ4v) is 2.93. The Bertz CT molecular complexity index is 778. The summed E-state index contributed by atoms with van der Waals surface area (Å²) in [5.41, 5.74) is 1.29. The van der Waals surface area contributed by atoms with Gasteiger partial charge in [0.15, 0.2) is 6.61 Å². The number of rotatable bonds is 3. The Hall–Kier alpha value is -2.53. The van der Waals surface area contributed by atoms with Gasteiger partial charge in [-0.15, -0.1) is 0 Å². The Labute approximate surface area is 145 Å². The predicted molar refractivity (Wildman–Crippen MR) is 93.6 cm³/mol. The zero-order valence-electron chi connectivity index (χ0n) is 13.2. The summed E-state index contributed by atoms with van der Waals surface area (Å²) in [6.07, 6.45) is 0.229. The van der Waals surface area contributed by atoms with E-state index in [1.54, 1.807) is 35.2 Å². The van der Waals surface area contributed by atoms with Crippen molar-refractivity contribution in [2.45, 2.75) is 19.4 Å². The summed E-state index contributed by atoms with van der Waals surface area (Å²) in [6.45, 7) is 1.69. The number of halogens is 1. The first-order valence-electron chi connectivity index (χ1n) is 7.64. The predicted octanol–water partition coefficient (Wildman–Crippen LogP) is 3.48. The van der Waals surface area contributed by atoms with E-state index in [2.05, 4.69) is 5.32 Å². The maximum atomic E-state index is 12.7. The summed E-state index contributed by atoms with van der Waals surface area (Å²) in [5, 5.41) is 3.28.